The van der Waals surface area contributed by atoms with E-state index in [1.165, 1.54) is 24.2 Å². The van der Waals surface area contributed by atoms with Gasteiger partial charge < -0.3 is 11.1 Å². The third kappa shape index (κ3) is 4.27. The first-order chi connectivity index (χ1) is 11.5. The highest BCUT2D eigenvalue weighted by Crippen LogP contribution is 2.40. The van der Waals surface area contributed by atoms with Crippen LogP contribution >= 0.6 is 24.2 Å². The molecule has 0 spiro atoms. The van der Waals surface area contributed by atoms with E-state index >= 15 is 0 Å². The minimum absolute atomic E-state index is 0. The van der Waals surface area contributed by atoms with E-state index in [2.05, 4.69) is 5.32 Å². The van der Waals surface area contributed by atoms with Crippen LogP contribution in [0.3, 0.4) is 0 Å². The fourth-order valence-electron chi connectivity index (χ4n) is 4.24. The lowest BCUT2D eigenvalue weighted by Gasteiger charge is -2.45. The highest BCUT2D eigenvalue weighted by Gasteiger charge is 2.40. The maximum Gasteiger partial charge on any atom is 0.282 e. The highest BCUT2D eigenvalue weighted by molar-refractivity contribution is 7.98. The van der Waals surface area contributed by atoms with Crippen LogP contribution in [0.1, 0.15) is 42.5 Å². The maximum absolute atomic E-state index is 12.8. The zero-order valence-corrected chi connectivity index (χ0v) is 15.8. The van der Waals surface area contributed by atoms with E-state index in [0.29, 0.717) is 11.8 Å². The third-order valence-electron chi connectivity index (χ3n) is 5.32. The highest BCUT2D eigenvalue weighted by atomic mass is 35.5. The molecule has 2 saturated carbocycles. The van der Waals surface area contributed by atoms with E-state index < -0.39 is 4.92 Å². The Morgan fingerprint density at radius 1 is 1.32 bits per heavy atom. The number of thioether (sulfide) groups is 1. The van der Waals surface area contributed by atoms with Gasteiger partial charge in [-0.25, -0.2) is 0 Å². The first kappa shape index (κ1) is 20.0. The minimum atomic E-state index is -0.489. The summed E-state index contributed by atoms with van der Waals surface area (Å²) in [5.41, 5.74) is 6.14. The van der Waals surface area contributed by atoms with Gasteiger partial charge in [0.15, 0.2) is 0 Å². The molecule has 3 N–H and O–H groups in total. The second kappa shape index (κ2) is 8.38. The quantitative estimate of drug-likeness (QED) is 0.470. The number of carbonyl (C=O) groups is 1. The van der Waals surface area contributed by atoms with Crippen molar-refractivity contribution < 1.29 is 9.72 Å². The number of nitro groups is 1. The third-order valence-corrected chi connectivity index (χ3v) is 6.04. The number of nitrogens with one attached hydrogen (secondary N) is 1. The van der Waals surface area contributed by atoms with Crippen LogP contribution < -0.4 is 11.1 Å². The van der Waals surface area contributed by atoms with E-state index in [1.807, 2.05) is 6.26 Å². The predicted octanol–water partition coefficient (Wildman–Crippen LogP) is 3.37. The summed E-state index contributed by atoms with van der Waals surface area (Å²) in [7, 11) is 0. The van der Waals surface area contributed by atoms with Crippen molar-refractivity contribution in [2.45, 2.75) is 49.1 Å². The van der Waals surface area contributed by atoms with E-state index in [1.54, 1.807) is 12.1 Å². The number of carbonyl (C=O) groups excluding carboxylic acids is 1. The number of halogens is 1. The summed E-state index contributed by atoms with van der Waals surface area (Å²) in [5, 5.41) is 14.4. The largest absolute Gasteiger partial charge is 0.349 e. The first-order valence-electron chi connectivity index (χ1n) is 8.38. The zero-order chi connectivity index (χ0) is 17.3. The van der Waals surface area contributed by atoms with Crippen molar-refractivity contribution in [3.8, 4) is 0 Å². The number of benzene rings is 1. The molecule has 2 atom stereocenters. The lowest BCUT2D eigenvalue weighted by atomic mass is 9.67. The number of amides is 1. The summed E-state index contributed by atoms with van der Waals surface area (Å²) >= 11 is 1.46. The van der Waals surface area contributed by atoms with E-state index in [0.717, 1.165) is 30.6 Å². The Morgan fingerprint density at radius 2 is 1.96 bits per heavy atom. The molecule has 2 aliphatic rings. The zero-order valence-electron chi connectivity index (χ0n) is 14.1. The summed E-state index contributed by atoms with van der Waals surface area (Å²) in [6, 6.07) is 5.00. The van der Waals surface area contributed by atoms with Crippen LogP contribution in [-0.4, -0.2) is 29.2 Å². The molecule has 0 radical (unpaired) electrons. The Morgan fingerprint density at radius 3 is 2.52 bits per heavy atom. The normalized spacial score (nSPS) is 27.9. The minimum Gasteiger partial charge on any atom is -0.349 e. The summed E-state index contributed by atoms with van der Waals surface area (Å²) in [5.74, 6) is 0.438. The molecule has 6 nitrogen and oxygen atoms in total. The molecule has 0 aromatic heterocycles. The lowest BCUT2D eigenvalue weighted by molar-refractivity contribution is -0.385. The molecule has 2 bridgehead atoms. The van der Waals surface area contributed by atoms with Gasteiger partial charge in [-0.2, -0.15) is 0 Å². The van der Waals surface area contributed by atoms with Gasteiger partial charge in [0, 0.05) is 23.0 Å². The van der Waals surface area contributed by atoms with Gasteiger partial charge in [0.05, 0.1) is 4.92 Å². The summed E-state index contributed by atoms with van der Waals surface area (Å²) in [6.45, 7) is 0. The predicted molar refractivity (Wildman–Crippen MR) is 101 cm³/mol. The fraction of sp³-hybridized carbons (Fsp3) is 0.588. The number of rotatable bonds is 4. The Labute approximate surface area is 157 Å². The van der Waals surface area contributed by atoms with Crippen LogP contribution in [0.15, 0.2) is 23.1 Å². The summed E-state index contributed by atoms with van der Waals surface area (Å²) in [4.78, 5) is 24.4. The van der Waals surface area contributed by atoms with Crippen LogP contribution in [0, 0.1) is 22.0 Å². The fourth-order valence-corrected chi connectivity index (χ4v) is 4.68. The molecule has 8 heteroatoms. The molecule has 2 unspecified atom stereocenters. The van der Waals surface area contributed by atoms with Gasteiger partial charge in [-0.1, -0.05) is 6.42 Å². The van der Waals surface area contributed by atoms with Gasteiger partial charge in [-0.05, 0) is 55.9 Å². The number of hydrogen-bond donors (Lipinski definition) is 2. The van der Waals surface area contributed by atoms with Crippen molar-refractivity contribution >= 4 is 35.8 Å². The molecule has 3 rings (SSSR count). The average molecular weight is 386 g/mol. The molecule has 2 fully saturated rings. The number of nitro benzene ring substituents is 1. The van der Waals surface area contributed by atoms with Crippen LogP contribution in [-0.2, 0) is 0 Å². The van der Waals surface area contributed by atoms with Crippen molar-refractivity contribution in [3.63, 3.8) is 0 Å². The molecule has 0 saturated heterocycles. The monoisotopic (exact) mass is 385 g/mol. The Bertz CT molecular complexity index is 644. The van der Waals surface area contributed by atoms with Crippen molar-refractivity contribution in [2.24, 2.45) is 17.6 Å². The number of fused-ring (bicyclic) bond motifs is 2. The number of nitrogens with two attached hydrogens (primary N) is 1. The smallest absolute Gasteiger partial charge is 0.282 e. The second-order valence-electron chi connectivity index (χ2n) is 6.82. The molecule has 138 valence electrons. The van der Waals surface area contributed by atoms with Crippen molar-refractivity contribution in [1.29, 1.82) is 0 Å². The molecule has 1 aromatic rings. The molecule has 1 amide bonds. The van der Waals surface area contributed by atoms with Crippen molar-refractivity contribution in [3.05, 3.63) is 33.9 Å². The maximum atomic E-state index is 12.8. The summed E-state index contributed by atoms with van der Waals surface area (Å²) < 4.78 is 0. The Hall–Kier alpha value is -1.31. The number of nitrogens with zero attached hydrogens (tertiary/aromatic N) is 1. The molecule has 0 heterocycles. The van der Waals surface area contributed by atoms with Gasteiger partial charge in [-0.15, -0.1) is 24.2 Å². The Kier molecular flexibility index (Phi) is 6.71. The van der Waals surface area contributed by atoms with E-state index in [-0.39, 0.29) is 41.6 Å². The molecule has 25 heavy (non-hydrogen) atoms. The molecular formula is C17H24ClN3O3S. The molecular weight excluding hydrogens is 362 g/mol. The van der Waals surface area contributed by atoms with Crippen LogP contribution in [0.25, 0.3) is 0 Å². The van der Waals surface area contributed by atoms with Gasteiger partial charge in [0.25, 0.3) is 11.6 Å². The van der Waals surface area contributed by atoms with Crippen molar-refractivity contribution in [2.75, 3.05) is 6.26 Å². The van der Waals surface area contributed by atoms with Gasteiger partial charge in [0.2, 0.25) is 0 Å². The van der Waals surface area contributed by atoms with Gasteiger partial charge >= 0.3 is 0 Å². The molecule has 1 aromatic carbocycles. The standard InChI is InChI=1S/C17H23N3O3S.ClH/c1-24-13-5-6-15(20(22)23)14(9-13)17(21)19-16-10-3-2-4-11(16)8-12(18)7-10;/h5-6,9-12,16H,2-4,7-8,18H2,1H3,(H,19,21);1H. The van der Waals surface area contributed by atoms with E-state index in [9.17, 15) is 14.9 Å². The van der Waals surface area contributed by atoms with E-state index in [4.69, 9.17) is 5.73 Å². The van der Waals surface area contributed by atoms with Gasteiger partial charge in [-0.3, -0.25) is 14.9 Å². The van der Waals surface area contributed by atoms with Crippen molar-refractivity contribution in [1.82, 2.24) is 5.32 Å². The average Bonchev–Trinajstić information content (AvgIpc) is 2.54. The Balaban J connectivity index is 0.00000225. The number of hydrogen-bond acceptors (Lipinski definition) is 5. The molecule has 0 aliphatic heterocycles. The SMILES string of the molecule is CSc1ccc([N+](=O)[O-])c(C(=O)NC2C3CCCC2CC(N)C3)c1.Cl. The first-order valence-corrected chi connectivity index (χ1v) is 9.61. The lowest BCUT2D eigenvalue weighted by Crippen LogP contribution is -2.53. The molecule has 2 aliphatic carbocycles. The topological polar surface area (TPSA) is 98.3 Å². The van der Waals surface area contributed by atoms with Gasteiger partial charge in [0.1, 0.15) is 5.56 Å². The van der Waals surface area contributed by atoms with Crippen LogP contribution in [0.4, 0.5) is 5.69 Å². The summed E-state index contributed by atoms with van der Waals surface area (Å²) in [6.07, 6.45) is 7.05. The second-order valence-corrected chi connectivity index (χ2v) is 7.70. The van der Waals surface area contributed by atoms with Crippen LogP contribution in [0.5, 0.6) is 0 Å². The van der Waals surface area contributed by atoms with Crippen LogP contribution in [0.2, 0.25) is 0 Å².